The van der Waals surface area contributed by atoms with Gasteiger partial charge in [0.15, 0.2) is 0 Å². The molecule has 1 aromatic rings. The van der Waals surface area contributed by atoms with Crippen LogP contribution in [0, 0.1) is 12.7 Å². The SMILES string of the molecule is CCC.Cc1ccc(F)c(C2CC2)c1. The normalized spacial score (nSPS) is 14.6. The van der Waals surface area contributed by atoms with E-state index in [1.165, 1.54) is 19.3 Å². The fraction of sp³-hybridized carbons (Fsp3) is 0.538. The van der Waals surface area contributed by atoms with Crippen LogP contribution in [0.15, 0.2) is 18.2 Å². The Labute approximate surface area is 86.2 Å². The third-order valence-electron chi connectivity index (χ3n) is 2.17. The van der Waals surface area contributed by atoms with Crippen LogP contribution >= 0.6 is 0 Å². The molecule has 0 unspecified atom stereocenters. The van der Waals surface area contributed by atoms with Crippen molar-refractivity contribution in [1.82, 2.24) is 0 Å². The first-order valence-electron chi connectivity index (χ1n) is 5.45. The molecule has 0 amide bonds. The summed E-state index contributed by atoms with van der Waals surface area (Å²) in [7, 11) is 0. The molecule has 0 spiro atoms. The molecule has 14 heavy (non-hydrogen) atoms. The van der Waals surface area contributed by atoms with Gasteiger partial charge in [0.25, 0.3) is 0 Å². The third kappa shape index (κ3) is 3.13. The maximum Gasteiger partial charge on any atom is 0.126 e. The Balaban J connectivity index is 0.000000293. The Morgan fingerprint density at radius 3 is 2.36 bits per heavy atom. The maximum absolute atomic E-state index is 13.1. The molecule has 1 aliphatic rings. The molecule has 0 bridgehead atoms. The number of halogens is 1. The monoisotopic (exact) mass is 194 g/mol. The van der Waals surface area contributed by atoms with Gasteiger partial charge in [0.05, 0.1) is 0 Å². The molecule has 0 aliphatic heterocycles. The Kier molecular flexibility index (Phi) is 4.12. The number of hydrogen-bond acceptors (Lipinski definition) is 0. The summed E-state index contributed by atoms with van der Waals surface area (Å²) in [6.07, 6.45) is 3.58. The van der Waals surface area contributed by atoms with Crippen LogP contribution in [0.2, 0.25) is 0 Å². The Bertz CT molecular complexity index is 287. The van der Waals surface area contributed by atoms with E-state index in [4.69, 9.17) is 0 Å². The van der Waals surface area contributed by atoms with Gasteiger partial charge in [-0.3, -0.25) is 0 Å². The van der Waals surface area contributed by atoms with Crippen LogP contribution in [-0.4, -0.2) is 0 Å². The van der Waals surface area contributed by atoms with Crippen molar-refractivity contribution in [1.29, 1.82) is 0 Å². The highest BCUT2D eigenvalue weighted by atomic mass is 19.1. The predicted molar refractivity (Wildman–Crippen MR) is 59.1 cm³/mol. The number of hydrogen-bond donors (Lipinski definition) is 0. The second-order valence-corrected chi connectivity index (χ2v) is 4.01. The van der Waals surface area contributed by atoms with Crippen molar-refractivity contribution >= 4 is 0 Å². The highest BCUT2D eigenvalue weighted by Crippen LogP contribution is 2.41. The van der Waals surface area contributed by atoms with Crippen LogP contribution in [0.25, 0.3) is 0 Å². The summed E-state index contributed by atoms with van der Waals surface area (Å²) < 4.78 is 13.1. The Morgan fingerprint density at radius 2 is 1.86 bits per heavy atom. The summed E-state index contributed by atoms with van der Waals surface area (Å²) in [4.78, 5) is 0. The molecule has 0 nitrogen and oxygen atoms in total. The lowest BCUT2D eigenvalue weighted by Crippen LogP contribution is -1.87. The first-order valence-corrected chi connectivity index (χ1v) is 5.45. The van der Waals surface area contributed by atoms with Crippen molar-refractivity contribution in [3.05, 3.63) is 35.1 Å². The molecule has 1 fully saturated rings. The Morgan fingerprint density at radius 1 is 1.29 bits per heavy atom. The van der Waals surface area contributed by atoms with Gasteiger partial charge in [-0.25, -0.2) is 4.39 Å². The third-order valence-corrected chi connectivity index (χ3v) is 2.17. The van der Waals surface area contributed by atoms with Crippen LogP contribution in [0.5, 0.6) is 0 Å². The van der Waals surface area contributed by atoms with Gasteiger partial charge >= 0.3 is 0 Å². The van der Waals surface area contributed by atoms with Crippen LogP contribution < -0.4 is 0 Å². The molecule has 0 heterocycles. The van der Waals surface area contributed by atoms with Crippen molar-refractivity contribution in [2.24, 2.45) is 0 Å². The molecular formula is C13H19F. The largest absolute Gasteiger partial charge is 0.207 e. The summed E-state index contributed by atoms with van der Waals surface area (Å²) in [5.74, 6) is 0.494. The van der Waals surface area contributed by atoms with Gasteiger partial charge < -0.3 is 0 Å². The van der Waals surface area contributed by atoms with E-state index in [-0.39, 0.29) is 5.82 Å². The first-order chi connectivity index (χ1) is 6.69. The molecular weight excluding hydrogens is 175 g/mol. The van der Waals surface area contributed by atoms with Gasteiger partial charge in [0, 0.05) is 0 Å². The molecule has 0 atom stereocenters. The minimum absolute atomic E-state index is 0.0295. The zero-order chi connectivity index (χ0) is 10.6. The van der Waals surface area contributed by atoms with Gasteiger partial charge in [0.1, 0.15) is 5.82 Å². The minimum Gasteiger partial charge on any atom is -0.207 e. The fourth-order valence-electron chi connectivity index (χ4n) is 1.37. The quantitative estimate of drug-likeness (QED) is 0.620. The lowest BCUT2D eigenvalue weighted by Gasteiger charge is -2.00. The number of aryl methyl sites for hydroxylation is 1. The fourth-order valence-corrected chi connectivity index (χ4v) is 1.37. The maximum atomic E-state index is 13.1. The molecule has 0 radical (unpaired) electrons. The van der Waals surface area contributed by atoms with Gasteiger partial charge in [-0.05, 0) is 37.3 Å². The summed E-state index contributed by atoms with van der Waals surface area (Å²) in [6, 6.07) is 5.36. The van der Waals surface area contributed by atoms with E-state index in [0.717, 1.165) is 11.1 Å². The number of rotatable bonds is 1. The second-order valence-electron chi connectivity index (χ2n) is 4.01. The zero-order valence-corrected chi connectivity index (χ0v) is 9.31. The first kappa shape index (κ1) is 11.2. The topological polar surface area (TPSA) is 0 Å². The van der Waals surface area contributed by atoms with Crippen molar-refractivity contribution in [2.45, 2.75) is 46.0 Å². The van der Waals surface area contributed by atoms with Crippen molar-refractivity contribution < 1.29 is 4.39 Å². The predicted octanol–water partition coefficient (Wildman–Crippen LogP) is 4.43. The van der Waals surface area contributed by atoms with Crippen molar-refractivity contribution in [3.8, 4) is 0 Å². The number of benzene rings is 1. The lowest BCUT2D eigenvalue weighted by molar-refractivity contribution is 0.610. The van der Waals surface area contributed by atoms with E-state index in [2.05, 4.69) is 13.8 Å². The summed E-state index contributed by atoms with van der Waals surface area (Å²) in [5, 5.41) is 0. The average Bonchev–Trinajstić information content (AvgIpc) is 2.94. The summed E-state index contributed by atoms with van der Waals surface area (Å²) in [5.41, 5.74) is 2.08. The highest BCUT2D eigenvalue weighted by molar-refractivity contribution is 5.29. The van der Waals surface area contributed by atoms with E-state index >= 15 is 0 Å². The van der Waals surface area contributed by atoms with Crippen LogP contribution in [0.1, 0.15) is 50.2 Å². The van der Waals surface area contributed by atoms with E-state index in [1.54, 1.807) is 6.07 Å². The Hall–Kier alpha value is -0.850. The van der Waals surface area contributed by atoms with Gasteiger partial charge in [-0.1, -0.05) is 38.0 Å². The van der Waals surface area contributed by atoms with Crippen LogP contribution in [0.4, 0.5) is 4.39 Å². The average molecular weight is 194 g/mol. The lowest BCUT2D eigenvalue weighted by atomic mass is 10.1. The molecule has 1 aromatic carbocycles. The van der Waals surface area contributed by atoms with E-state index in [0.29, 0.717) is 5.92 Å². The highest BCUT2D eigenvalue weighted by Gasteiger charge is 2.26. The standard InChI is InChI=1S/C10H11F.C3H8/c1-7-2-5-10(11)9(6-7)8-3-4-8;1-3-2/h2,5-6,8H,3-4H2,1H3;3H2,1-2H3. The molecule has 0 N–H and O–H groups in total. The summed E-state index contributed by atoms with van der Waals surface area (Å²) >= 11 is 0. The molecule has 1 heteroatoms. The molecule has 0 aromatic heterocycles. The molecule has 1 saturated carbocycles. The zero-order valence-electron chi connectivity index (χ0n) is 9.31. The van der Waals surface area contributed by atoms with E-state index < -0.39 is 0 Å². The molecule has 0 saturated heterocycles. The smallest absolute Gasteiger partial charge is 0.126 e. The minimum atomic E-state index is -0.0295. The van der Waals surface area contributed by atoms with E-state index in [1.807, 2.05) is 19.1 Å². The van der Waals surface area contributed by atoms with Crippen molar-refractivity contribution in [2.75, 3.05) is 0 Å². The second kappa shape index (κ2) is 5.14. The molecule has 1 aliphatic carbocycles. The summed E-state index contributed by atoms with van der Waals surface area (Å²) in [6.45, 7) is 6.26. The van der Waals surface area contributed by atoms with Crippen LogP contribution in [0.3, 0.4) is 0 Å². The van der Waals surface area contributed by atoms with Crippen LogP contribution in [-0.2, 0) is 0 Å². The van der Waals surface area contributed by atoms with E-state index in [9.17, 15) is 4.39 Å². The van der Waals surface area contributed by atoms with Gasteiger partial charge in [-0.15, -0.1) is 0 Å². The van der Waals surface area contributed by atoms with Gasteiger partial charge in [-0.2, -0.15) is 0 Å². The van der Waals surface area contributed by atoms with Gasteiger partial charge in [0.2, 0.25) is 0 Å². The molecule has 78 valence electrons. The molecule has 2 rings (SSSR count). The van der Waals surface area contributed by atoms with Crippen molar-refractivity contribution in [3.63, 3.8) is 0 Å².